The molecule has 21 heavy (non-hydrogen) atoms. The molecule has 0 radical (unpaired) electrons. The number of pyridine rings is 1. The summed E-state index contributed by atoms with van der Waals surface area (Å²) in [6.45, 7) is 0. The van der Waals surface area contributed by atoms with Gasteiger partial charge in [0.05, 0.1) is 10.5 Å². The predicted octanol–water partition coefficient (Wildman–Crippen LogP) is 4.32. The van der Waals surface area contributed by atoms with Gasteiger partial charge in [-0.05, 0) is 18.2 Å². The Morgan fingerprint density at radius 3 is 2.57 bits per heavy atom. The summed E-state index contributed by atoms with van der Waals surface area (Å²) in [6, 6.07) is 15.4. The van der Waals surface area contributed by atoms with Gasteiger partial charge in [0.25, 0.3) is 0 Å². The molecule has 0 unspecified atom stereocenters. The molecule has 1 heterocycles. The number of nitrogens with zero attached hydrogens (tertiary/aromatic N) is 1. The Hall–Kier alpha value is -2.04. The molecule has 0 bridgehead atoms. The van der Waals surface area contributed by atoms with Crippen molar-refractivity contribution in [2.75, 3.05) is 0 Å². The van der Waals surface area contributed by atoms with E-state index in [1.807, 2.05) is 48.5 Å². The molecule has 0 aliphatic heterocycles. The smallest absolute Gasteiger partial charge is 0.125 e. The molecule has 3 nitrogen and oxygen atoms in total. The molecule has 0 aliphatic rings. The maximum atomic E-state index is 7.76. The number of benzene rings is 2. The van der Waals surface area contributed by atoms with Crippen molar-refractivity contribution < 1.29 is 0 Å². The van der Waals surface area contributed by atoms with Gasteiger partial charge < -0.3 is 5.73 Å². The molecule has 0 saturated carbocycles. The van der Waals surface area contributed by atoms with Crippen molar-refractivity contribution in [3.8, 4) is 0 Å². The van der Waals surface area contributed by atoms with E-state index in [9.17, 15) is 0 Å². The zero-order valence-electron chi connectivity index (χ0n) is 11.0. The van der Waals surface area contributed by atoms with E-state index in [-0.39, 0.29) is 5.84 Å². The van der Waals surface area contributed by atoms with E-state index >= 15 is 0 Å². The van der Waals surface area contributed by atoms with E-state index in [0.717, 1.165) is 20.7 Å². The number of halogens is 1. The second kappa shape index (κ2) is 5.76. The minimum Gasteiger partial charge on any atom is -0.384 e. The molecule has 5 heteroatoms. The van der Waals surface area contributed by atoms with Crippen LogP contribution in [0, 0.1) is 5.41 Å². The summed E-state index contributed by atoms with van der Waals surface area (Å²) in [5.41, 5.74) is 7.19. The predicted molar refractivity (Wildman–Crippen MR) is 88.3 cm³/mol. The molecule has 3 rings (SSSR count). The molecule has 0 saturated heterocycles. The van der Waals surface area contributed by atoms with Crippen LogP contribution in [-0.4, -0.2) is 10.8 Å². The molecular weight excluding hydrogens is 302 g/mol. The highest BCUT2D eigenvalue weighted by molar-refractivity contribution is 7.99. The van der Waals surface area contributed by atoms with E-state index in [1.54, 1.807) is 6.20 Å². The largest absolute Gasteiger partial charge is 0.384 e. The number of nitrogens with one attached hydrogen (secondary N) is 1. The molecule has 0 fully saturated rings. The summed E-state index contributed by atoms with van der Waals surface area (Å²) in [5, 5.41) is 9.41. The number of hydrogen-bond acceptors (Lipinski definition) is 3. The Labute approximate surface area is 131 Å². The van der Waals surface area contributed by atoms with Gasteiger partial charge in [-0.2, -0.15) is 0 Å². The third-order valence-electron chi connectivity index (χ3n) is 3.06. The van der Waals surface area contributed by atoms with E-state index in [4.69, 9.17) is 22.7 Å². The number of aromatic nitrogens is 1. The van der Waals surface area contributed by atoms with Crippen molar-refractivity contribution >= 4 is 40.1 Å². The maximum absolute atomic E-state index is 7.76. The molecule has 2 aromatic carbocycles. The highest BCUT2D eigenvalue weighted by atomic mass is 35.5. The van der Waals surface area contributed by atoms with Crippen LogP contribution in [0.25, 0.3) is 10.9 Å². The van der Waals surface area contributed by atoms with Crippen LogP contribution in [-0.2, 0) is 0 Å². The number of nitrogen functional groups attached to an aromatic ring is 1. The highest BCUT2D eigenvalue weighted by Crippen LogP contribution is 2.38. The fraction of sp³-hybridized carbons (Fsp3) is 0. The first-order valence-corrected chi connectivity index (χ1v) is 7.51. The Bertz CT molecular complexity index is 833. The van der Waals surface area contributed by atoms with Crippen molar-refractivity contribution in [3.63, 3.8) is 0 Å². The van der Waals surface area contributed by atoms with Crippen LogP contribution in [0.15, 0.2) is 64.5 Å². The topological polar surface area (TPSA) is 62.8 Å². The molecule has 104 valence electrons. The summed E-state index contributed by atoms with van der Waals surface area (Å²) < 4.78 is 0. The average Bonchev–Trinajstić information content (AvgIpc) is 2.49. The number of hydrogen-bond donors (Lipinski definition) is 2. The lowest BCUT2D eigenvalue weighted by molar-refractivity contribution is 1.29. The van der Waals surface area contributed by atoms with E-state index < -0.39 is 0 Å². The molecule has 3 aromatic rings. The van der Waals surface area contributed by atoms with Crippen LogP contribution in [0.2, 0.25) is 5.02 Å². The SMILES string of the molecule is N=C(N)c1cnc2ccccc2c1Sc1ccccc1Cl. The second-order valence-corrected chi connectivity index (χ2v) is 5.92. The Morgan fingerprint density at radius 2 is 1.81 bits per heavy atom. The molecule has 0 amide bonds. The summed E-state index contributed by atoms with van der Waals surface area (Å²) in [7, 11) is 0. The first-order chi connectivity index (χ1) is 10.2. The van der Waals surface area contributed by atoms with Crippen LogP contribution in [0.4, 0.5) is 0 Å². The fourth-order valence-electron chi connectivity index (χ4n) is 2.06. The zero-order chi connectivity index (χ0) is 14.8. The minimum absolute atomic E-state index is 0.00260. The van der Waals surface area contributed by atoms with Gasteiger partial charge in [0.2, 0.25) is 0 Å². The number of para-hydroxylation sites is 1. The van der Waals surface area contributed by atoms with Crippen LogP contribution in [0.1, 0.15) is 5.56 Å². The number of rotatable bonds is 3. The summed E-state index contributed by atoms with van der Waals surface area (Å²) in [4.78, 5) is 6.19. The standard InChI is InChI=1S/C16H12ClN3S/c17-12-6-2-4-8-14(12)21-15-10-5-1-3-7-13(10)20-9-11(15)16(18)19/h1-9H,(H3,18,19). The first-order valence-electron chi connectivity index (χ1n) is 6.31. The number of nitrogens with two attached hydrogens (primary N) is 1. The third-order valence-corrected chi connectivity index (χ3v) is 4.73. The van der Waals surface area contributed by atoms with Gasteiger partial charge in [-0.25, -0.2) is 0 Å². The Kier molecular flexibility index (Phi) is 3.82. The highest BCUT2D eigenvalue weighted by Gasteiger charge is 2.13. The van der Waals surface area contributed by atoms with Crippen molar-refractivity contribution in [1.29, 1.82) is 5.41 Å². The molecule has 0 aliphatic carbocycles. The monoisotopic (exact) mass is 313 g/mol. The van der Waals surface area contributed by atoms with Crippen molar-refractivity contribution in [1.82, 2.24) is 4.98 Å². The van der Waals surface area contributed by atoms with Crippen LogP contribution >= 0.6 is 23.4 Å². The van der Waals surface area contributed by atoms with E-state index in [2.05, 4.69) is 4.98 Å². The summed E-state index contributed by atoms with van der Waals surface area (Å²) >= 11 is 7.74. The van der Waals surface area contributed by atoms with Gasteiger partial charge in [-0.1, -0.05) is 53.7 Å². The quantitative estimate of drug-likeness (QED) is 0.559. The maximum Gasteiger partial charge on any atom is 0.125 e. The van der Waals surface area contributed by atoms with E-state index in [1.165, 1.54) is 11.8 Å². The van der Waals surface area contributed by atoms with E-state index in [0.29, 0.717) is 10.6 Å². The van der Waals surface area contributed by atoms with Crippen molar-refractivity contribution in [2.24, 2.45) is 5.73 Å². The van der Waals surface area contributed by atoms with Gasteiger partial charge in [-0.3, -0.25) is 10.4 Å². The summed E-state index contributed by atoms with van der Waals surface area (Å²) in [6.07, 6.45) is 1.64. The lowest BCUT2D eigenvalue weighted by atomic mass is 10.1. The number of fused-ring (bicyclic) bond motifs is 1. The van der Waals surface area contributed by atoms with Gasteiger partial charge in [-0.15, -0.1) is 0 Å². The molecule has 0 atom stereocenters. The lowest BCUT2D eigenvalue weighted by Crippen LogP contribution is -2.13. The molecule has 0 spiro atoms. The minimum atomic E-state index is 0.00260. The fourth-order valence-corrected chi connectivity index (χ4v) is 3.39. The van der Waals surface area contributed by atoms with Gasteiger partial charge >= 0.3 is 0 Å². The Morgan fingerprint density at radius 1 is 1.10 bits per heavy atom. The normalized spacial score (nSPS) is 10.7. The lowest BCUT2D eigenvalue weighted by Gasteiger charge is -2.12. The van der Waals surface area contributed by atoms with Crippen molar-refractivity contribution in [3.05, 3.63) is 65.3 Å². The van der Waals surface area contributed by atoms with Crippen molar-refractivity contribution in [2.45, 2.75) is 9.79 Å². The molecule has 3 N–H and O–H groups in total. The third kappa shape index (κ3) is 2.73. The Balaban J connectivity index is 2.21. The molecular formula is C16H12ClN3S. The molecule has 1 aromatic heterocycles. The van der Waals surface area contributed by atoms with Crippen LogP contribution < -0.4 is 5.73 Å². The zero-order valence-corrected chi connectivity index (χ0v) is 12.6. The van der Waals surface area contributed by atoms with Gasteiger partial charge in [0, 0.05) is 26.9 Å². The average molecular weight is 314 g/mol. The van der Waals surface area contributed by atoms with Gasteiger partial charge in [0.15, 0.2) is 0 Å². The van der Waals surface area contributed by atoms with Crippen LogP contribution in [0.5, 0.6) is 0 Å². The van der Waals surface area contributed by atoms with Gasteiger partial charge in [0.1, 0.15) is 5.84 Å². The van der Waals surface area contributed by atoms with Crippen LogP contribution in [0.3, 0.4) is 0 Å². The number of amidine groups is 1. The first kappa shape index (κ1) is 13.9. The summed E-state index contributed by atoms with van der Waals surface area (Å²) in [5.74, 6) is 0.00260. The second-order valence-electron chi connectivity index (χ2n) is 4.46.